The quantitative estimate of drug-likeness (QED) is 0.733. The lowest BCUT2D eigenvalue weighted by molar-refractivity contribution is 0.724. The number of aromatic nitrogens is 1. The van der Waals surface area contributed by atoms with Gasteiger partial charge in [-0.1, -0.05) is 31.5 Å². The molecular formula is C14H22ClN3. The van der Waals surface area contributed by atoms with E-state index in [1.165, 1.54) is 0 Å². The van der Waals surface area contributed by atoms with Gasteiger partial charge in [0.2, 0.25) is 0 Å². The predicted molar refractivity (Wildman–Crippen MR) is 79.3 cm³/mol. The fourth-order valence-corrected chi connectivity index (χ4v) is 1.93. The molecule has 0 atom stereocenters. The Hall–Kier alpha value is -1.06. The fraction of sp³-hybridized carbons (Fsp3) is 0.500. The van der Waals surface area contributed by atoms with E-state index in [9.17, 15) is 0 Å². The molecule has 0 amide bonds. The zero-order valence-corrected chi connectivity index (χ0v) is 12.0. The van der Waals surface area contributed by atoms with Gasteiger partial charge in [-0.2, -0.15) is 0 Å². The first-order valence-electron chi connectivity index (χ1n) is 6.43. The van der Waals surface area contributed by atoms with Crippen LogP contribution in [0, 0.1) is 0 Å². The van der Waals surface area contributed by atoms with Crippen LogP contribution in [0.4, 0.5) is 5.82 Å². The molecule has 0 saturated carbocycles. The van der Waals surface area contributed by atoms with E-state index in [4.69, 9.17) is 11.6 Å². The van der Waals surface area contributed by atoms with Crippen molar-refractivity contribution < 1.29 is 0 Å². The number of anilines is 1. The third kappa shape index (κ3) is 4.31. The smallest absolute Gasteiger partial charge is 0.129 e. The molecule has 0 saturated heterocycles. The van der Waals surface area contributed by atoms with E-state index in [0.717, 1.165) is 49.0 Å². The summed E-state index contributed by atoms with van der Waals surface area (Å²) in [6.45, 7) is 11.5. The van der Waals surface area contributed by atoms with Crippen LogP contribution in [0.3, 0.4) is 0 Å². The molecule has 1 aromatic rings. The molecule has 4 heteroatoms. The average Bonchev–Trinajstić information content (AvgIpc) is 2.38. The van der Waals surface area contributed by atoms with E-state index in [0.29, 0.717) is 0 Å². The molecular weight excluding hydrogens is 246 g/mol. The summed E-state index contributed by atoms with van der Waals surface area (Å²) < 4.78 is 0. The summed E-state index contributed by atoms with van der Waals surface area (Å²) >= 11 is 6.15. The van der Waals surface area contributed by atoms with Gasteiger partial charge < -0.3 is 10.2 Å². The van der Waals surface area contributed by atoms with Crippen LogP contribution in [0.2, 0.25) is 5.02 Å². The molecule has 1 aromatic heterocycles. The number of hydrogen-bond donors (Lipinski definition) is 1. The van der Waals surface area contributed by atoms with E-state index in [-0.39, 0.29) is 0 Å². The molecule has 100 valence electrons. The van der Waals surface area contributed by atoms with Gasteiger partial charge in [0, 0.05) is 25.8 Å². The van der Waals surface area contributed by atoms with E-state index in [1.54, 1.807) is 6.20 Å². The van der Waals surface area contributed by atoms with Gasteiger partial charge in [0.25, 0.3) is 0 Å². The van der Waals surface area contributed by atoms with Gasteiger partial charge in [0.15, 0.2) is 0 Å². The van der Waals surface area contributed by atoms with Crippen molar-refractivity contribution in [2.24, 2.45) is 0 Å². The summed E-state index contributed by atoms with van der Waals surface area (Å²) in [6.07, 6.45) is 4.71. The third-order valence-electron chi connectivity index (χ3n) is 2.65. The fourth-order valence-electron chi connectivity index (χ4n) is 1.76. The van der Waals surface area contributed by atoms with Crippen LogP contribution in [0.1, 0.15) is 25.8 Å². The first-order valence-corrected chi connectivity index (χ1v) is 6.81. The van der Waals surface area contributed by atoms with Crippen LogP contribution < -0.4 is 10.2 Å². The van der Waals surface area contributed by atoms with Crippen molar-refractivity contribution in [3.8, 4) is 0 Å². The van der Waals surface area contributed by atoms with Crippen LogP contribution in [-0.4, -0.2) is 24.6 Å². The van der Waals surface area contributed by atoms with Crippen molar-refractivity contribution in [2.45, 2.75) is 26.8 Å². The number of hydrogen-bond acceptors (Lipinski definition) is 3. The standard InChI is InChI=1S/C14H22ClN3/c1-4-7-18(8-5-2)14-9-12(10-16-6-3)13(15)11-17-14/h4,9,11,16H,1,5-8,10H2,2-3H3. The Kier molecular flexibility index (Phi) is 6.76. The number of pyridine rings is 1. The van der Waals surface area contributed by atoms with Crippen LogP contribution >= 0.6 is 11.6 Å². The van der Waals surface area contributed by atoms with Gasteiger partial charge in [-0.05, 0) is 24.6 Å². The van der Waals surface area contributed by atoms with E-state index < -0.39 is 0 Å². The maximum absolute atomic E-state index is 6.15. The predicted octanol–water partition coefficient (Wildman–Crippen LogP) is 3.25. The average molecular weight is 268 g/mol. The first kappa shape index (κ1) is 15.0. The second kappa shape index (κ2) is 8.11. The maximum Gasteiger partial charge on any atom is 0.129 e. The molecule has 1 heterocycles. The van der Waals surface area contributed by atoms with Crippen LogP contribution in [0.5, 0.6) is 0 Å². The zero-order valence-electron chi connectivity index (χ0n) is 11.2. The van der Waals surface area contributed by atoms with Crippen LogP contribution in [-0.2, 0) is 6.54 Å². The summed E-state index contributed by atoms with van der Waals surface area (Å²) in [5.74, 6) is 0.967. The summed E-state index contributed by atoms with van der Waals surface area (Å²) in [7, 11) is 0. The highest BCUT2D eigenvalue weighted by Gasteiger charge is 2.08. The van der Waals surface area contributed by atoms with Crippen molar-refractivity contribution in [3.05, 3.63) is 35.5 Å². The molecule has 0 radical (unpaired) electrons. The number of rotatable bonds is 8. The third-order valence-corrected chi connectivity index (χ3v) is 2.99. The van der Waals surface area contributed by atoms with Crippen molar-refractivity contribution in [2.75, 3.05) is 24.5 Å². The van der Waals surface area contributed by atoms with Crippen molar-refractivity contribution in [1.82, 2.24) is 10.3 Å². The molecule has 0 aromatic carbocycles. The summed E-state index contributed by atoms with van der Waals surface area (Å²) in [6, 6.07) is 2.06. The molecule has 0 aliphatic heterocycles. The number of nitrogens with one attached hydrogen (secondary N) is 1. The summed E-state index contributed by atoms with van der Waals surface area (Å²) in [5, 5.41) is 4.00. The van der Waals surface area contributed by atoms with Crippen molar-refractivity contribution >= 4 is 17.4 Å². The van der Waals surface area contributed by atoms with E-state index >= 15 is 0 Å². The lowest BCUT2D eigenvalue weighted by Crippen LogP contribution is -2.25. The Balaban J connectivity index is 2.89. The van der Waals surface area contributed by atoms with Crippen molar-refractivity contribution in [1.29, 1.82) is 0 Å². The first-order chi connectivity index (χ1) is 8.72. The van der Waals surface area contributed by atoms with Gasteiger partial charge in [-0.25, -0.2) is 4.98 Å². The molecule has 0 fully saturated rings. The van der Waals surface area contributed by atoms with Gasteiger partial charge in [0.1, 0.15) is 5.82 Å². The minimum absolute atomic E-state index is 0.717. The highest BCUT2D eigenvalue weighted by atomic mass is 35.5. The molecule has 18 heavy (non-hydrogen) atoms. The van der Waals surface area contributed by atoms with Gasteiger partial charge in [-0.15, -0.1) is 6.58 Å². The monoisotopic (exact) mass is 267 g/mol. The Labute approximate surface area is 115 Å². The summed E-state index contributed by atoms with van der Waals surface area (Å²) in [4.78, 5) is 6.61. The Morgan fingerprint density at radius 3 is 2.89 bits per heavy atom. The minimum atomic E-state index is 0.717. The second-order valence-electron chi connectivity index (χ2n) is 4.15. The largest absolute Gasteiger partial charge is 0.353 e. The van der Waals surface area contributed by atoms with Crippen LogP contribution in [0.25, 0.3) is 0 Å². The van der Waals surface area contributed by atoms with Crippen molar-refractivity contribution in [3.63, 3.8) is 0 Å². The molecule has 0 aliphatic rings. The topological polar surface area (TPSA) is 28.2 Å². The molecule has 1 N–H and O–H groups in total. The van der Waals surface area contributed by atoms with E-state index in [1.807, 2.05) is 6.08 Å². The highest BCUT2D eigenvalue weighted by Crippen LogP contribution is 2.20. The van der Waals surface area contributed by atoms with Crippen LogP contribution in [0.15, 0.2) is 24.9 Å². The molecule has 0 spiro atoms. The summed E-state index contributed by atoms with van der Waals surface area (Å²) in [5.41, 5.74) is 1.09. The number of halogens is 1. The Morgan fingerprint density at radius 2 is 2.28 bits per heavy atom. The maximum atomic E-state index is 6.15. The molecule has 1 rings (SSSR count). The Bertz CT molecular complexity index is 379. The van der Waals surface area contributed by atoms with Gasteiger partial charge in [-0.3, -0.25) is 0 Å². The lowest BCUT2D eigenvalue weighted by Gasteiger charge is -2.22. The molecule has 3 nitrogen and oxygen atoms in total. The molecule has 0 aliphatic carbocycles. The molecule has 0 unspecified atom stereocenters. The second-order valence-corrected chi connectivity index (χ2v) is 4.56. The van der Waals surface area contributed by atoms with Gasteiger partial charge >= 0.3 is 0 Å². The lowest BCUT2D eigenvalue weighted by atomic mass is 10.2. The highest BCUT2D eigenvalue weighted by molar-refractivity contribution is 6.31. The SMILES string of the molecule is C=CCN(CCC)c1cc(CNCC)c(Cl)cn1. The zero-order chi connectivity index (χ0) is 13.4. The van der Waals surface area contributed by atoms with Gasteiger partial charge in [0.05, 0.1) is 5.02 Å². The minimum Gasteiger partial charge on any atom is -0.353 e. The normalized spacial score (nSPS) is 10.4. The molecule has 0 bridgehead atoms. The van der Waals surface area contributed by atoms with E-state index in [2.05, 4.69) is 41.7 Å². The number of nitrogens with zero attached hydrogens (tertiary/aromatic N) is 2. The Morgan fingerprint density at radius 1 is 1.50 bits per heavy atom.